The maximum absolute atomic E-state index is 5.50. The van der Waals surface area contributed by atoms with Gasteiger partial charge in [-0.25, -0.2) is 0 Å². The lowest BCUT2D eigenvalue weighted by molar-refractivity contribution is -0.172. The van der Waals surface area contributed by atoms with E-state index in [4.69, 9.17) is 9.47 Å². The van der Waals surface area contributed by atoms with E-state index in [9.17, 15) is 0 Å². The summed E-state index contributed by atoms with van der Waals surface area (Å²) in [5, 5.41) is 0. The molecule has 1 aliphatic rings. The molecule has 2 heteroatoms. The average Bonchev–Trinajstić information content (AvgIpc) is 2.06. The van der Waals surface area contributed by atoms with E-state index >= 15 is 0 Å². The molecule has 11 heavy (non-hydrogen) atoms. The van der Waals surface area contributed by atoms with E-state index in [0.717, 1.165) is 6.61 Å². The van der Waals surface area contributed by atoms with Gasteiger partial charge in [0.25, 0.3) is 0 Å². The third-order valence-electron chi connectivity index (χ3n) is 2.32. The summed E-state index contributed by atoms with van der Waals surface area (Å²) >= 11 is 0. The van der Waals surface area contributed by atoms with Gasteiger partial charge < -0.3 is 9.47 Å². The smallest absolute Gasteiger partial charge is 0.147 e. The largest absolute Gasteiger partial charge is 0.355 e. The van der Waals surface area contributed by atoms with Gasteiger partial charge in [-0.1, -0.05) is 20.3 Å². The molecule has 1 rings (SSSR count). The molecule has 0 saturated carbocycles. The van der Waals surface area contributed by atoms with Crippen LogP contribution in [0.15, 0.2) is 0 Å². The summed E-state index contributed by atoms with van der Waals surface area (Å²) in [5.74, 6) is 0.628. The van der Waals surface area contributed by atoms with Gasteiger partial charge in [-0.15, -0.1) is 0 Å². The van der Waals surface area contributed by atoms with E-state index in [1.165, 1.54) is 19.3 Å². The highest BCUT2D eigenvalue weighted by Gasteiger charge is 2.23. The molecule has 2 atom stereocenters. The minimum absolute atomic E-state index is 0.457. The van der Waals surface area contributed by atoms with Gasteiger partial charge in [0.15, 0.2) is 0 Å². The number of hydrogen-bond acceptors (Lipinski definition) is 2. The summed E-state index contributed by atoms with van der Waals surface area (Å²) in [6, 6.07) is 0. The Labute approximate surface area is 68.9 Å². The minimum atomic E-state index is 0.457. The molecule has 0 aromatic heterocycles. The van der Waals surface area contributed by atoms with Crippen LogP contribution in [0.4, 0.5) is 0 Å². The fourth-order valence-corrected chi connectivity index (χ4v) is 1.56. The molecule has 0 spiro atoms. The van der Waals surface area contributed by atoms with Gasteiger partial charge in [0, 0.05) is 5.92 Å². The molecule has 0 aromatic carbocycles. The predicted molar refractivity (Wildman–Crippen MR) is 44.4 cm³/mol. The lowest BCUT2D eigenvalue weighted by atomic mass is 9.96. The van der Waals surface area contributed by atoms with Crippen molar-refractivity contribution >= 4 is 0 Å². The van der Waals surface area contributed by atoms with Crippen molar-refractivity contribution in [2.45, 2.75) is 39.2 Å². The second kappa shape index (κ2) is 4.73. The van der Waals surface area contributed by atoms with Gasteiger partial charge in [0.1, 0.15) is 6.79 Å². The van der Waals surface area contributed by atoms with Crippen molar-refractivity contribution in [3.8, 4) is 0 Å². The first-order valence-corrected chi connectivity index (χ1v) is 4.57. The Kier molecular flexibility index (Phi) is 3.87. The highest BCUT2D eigenvalue weighted by molar-refractivity contribution is 4.70. The second-order valence-electron chi connectivity index (χ2n) is 3.15. The minimum Gasteiger partial charge on any atom is -0.355 e. The van der Waals surface area contributed by atoms with Crippen molar-refractivity contribution in [1.82, 2.24) is 0 Å². The van der Waals surface area contributed by atoms with E-state index < -0.39 is 0 Å². The Hall–Kier alpha value is -0.0800. The van der Waals surface area contributed by atoms with E-state index in [1.807, 2.05) is 0 Å². The Bertz CT molecular complexity index is 102. The monoisotopic (exact) mass is 158 g/mol. The van der Waals surface area contributed by atoms with Gasteiger partial charge in [-0.05, 0) is 12.8 Å². The molecular weight excluding hydrogens is 140 g/mol. The molecule has 1 saturated heterocycles. The Morgan fingerprint density at radius 1 is 1.36 bits per heavy atom. The zero-order valence-corrected chi connectivity index (χ0v) is 7.51. The number of rotatable bonds is 3. The van der Waals surface area contributed by atoms with Gasteiger partial charge in [-0.2, -0.15) is 0 Å². The second-order valence-corrected chi connectivity index (χ2v) is 3.15. The van der Waals surface area contributed by atoms with Crippen LogP contribution in [0.5, 0.6) is 0 Å². The van der Waals surface area contributed by atoms with E-state index in [0.29, 0.717) is 18.8 Å². The molecule has 1 heterocycles. The molecule has 0 N–H and O–H groups in total. The number of hydrogen-bond donors (Lipinski definition) is 0. The van der Waals surface area contributed by atoms with Gasteiger partial charge >= 0.3 is 0 Å². The van der Waals surface area contributed by atoms with E-state index in [-0.39, 0.29) is 0 Å². The van der Waals surface area contributed by atoms with Crippen LogP contribution >= 0.6 is 0 Å². The van der Waals surface area contributed by atoms with Gasteiger partial charge in [0.2, 0.25) is 0 Å². The fraction of sp³-hybridized carbons (Fsp3) is 1.00. The van der Waals surface area contributed by atoms with Crippen LogP contribution in [0.1, 0.15) is 33.1 Å². The molecule has 0 aromatic rings. The lowest BCUT2D eigenvalue weighted by Gasteiger charge is -2.30. The van der Waals surface area contributed by atoms with Crippen LogP contribution in [-0.4, -0.2) is 19.5 Å². The fourth-order valence-electron chi connectivity index (χ4n) is 1.56. The normalized spacial score (nSPS) is 32.2. The van der Waals surface area contributed by atoms with Crippen molar-refractivity contribution < 1.29 is 9.47 Å². The SMILES string of the molecule is CCCC1OCOCC1CC. The first kappa shape index (κ1) is 9.01. The summed E-state index contributed by atoms with van der Waals surface area (Å²) < 4.78 is 10.7. The Morgan fingerprint density at radius 2 is 2.18 bits per heavy atom. The molecule has 2 nitrogen and oxygen atoms in total. The molecule has 0 aliphatic carbocycles. The first-order valence-electron chi connectivity index (χ1n) is 4.57. The van der Waals surface area contributed by atoms with Crippen LogP contribution in [0, 0.1) is 5.92 Å². The quantitative estimate of drug-likeness (QED) is 0.626. The van der Waals surface area contributed by atoms with Crippen LogP contribution in [0.2, 0.25) is 0 Å². The average molecular weight is 158 g/mol. The summed E-state index contributed by atoms with van der Waals surface area (Å²) in [5.41, 5.74) is 0. The van der Waals surface area contributed by atoms with E-state index in [2.05, 4.69) is 13.8 Å². The summed E-state index contributed by atoms with van der Waals surface area (Å²) in [6.45, 7) is 5.79. The zero-order valence-electron chi connectivity index (χ0n) is 7.51. The number of ether oxygens (including phenoxy) is 2. The predicted octanol–water partition coefficient (Wildman–Crippen LogP) is 2.19. The first-order chi connectivity index (χ1) is 5.38. The summed E-state index contributed by atoms with van der Waals surface area (Å²) in [4.78, 5) is 0. The summed E-state index contributed by atoms with van der Waals surface area (Å²) in [7, 11) is 0. The maximum atomic E-state index is 5.50. The van der Waals surface area contributed by atoms with Crippen molar-refractivity contribution in [3.05, 3.63) is 0 Å². The third kappa shape index (κ3) is 2.46. The Balaban J connectivity index is 2.31. The van der Waals surface area contributed by atoms with Crippen molar-refractivity contribution in [3.63, 3.8) is 0 Å². The molecule has 0 bridgehead atoms. The molecular formula is C9H18O2. The van der Waals surface area contributed by atoms with Gasteiger partial charge in [0.05, 0.1) is 12.7 Å². The van der Waals surface area contributed by atoms with E-state index in [1.54, 1.807) is 0 Å². The van der Waals surface area contributed by atoms with Crippen molar-refractivity contribution in [2.75, 3.05) is 13.4 Å². The highest BCUT2D eigenvalue weighted by Crippen LogP contribution is 2.21. The van der Waals surface area contributed by atoms with Crippen molar-refractivity contribution in [1.29, 1.82) is 0 Å². The molecule has 1 aliphatic heterocycles. The molecule has 1 fully saturated rings. The molecule has 66 valence electrons. The van der Waals surface area contributed by atoms with Crippen molar-refractivity contribution in [2.24, 2.45) is 5.92 Å². The molecule has 2 unspecified atom stereocenters. The maximum Gasteiger partial charge on any atom is 0.147 e. The zero-order chi connectivity index (χ0) is 8.10. The van der Waals surface area contributed by atoms with Crippen LogP contribution < -0.4 is 0 Å². The summed E-state index contributed by atoms with van der Waals surface area (Å²) in [6.07, 6.45) is 4.02. The highest BCUT2D eigenvalue weighted by atomic mass is 16.7. The lowest BCUT2D eigenvalue weighted by Crippen LogP contribution is -2.33. The van der Waals surface area contributed by atoms with Crippen LogP contribution in [0.3, 0.4) is 0 Å². The van der Waals surface area contributed by atoms with Crippen LogP contribution in [0.25, 0.3) is 0 Å². The molecule has 0 radical (unpaired) electrons. The Morgan fingerprint density at radius 3 is 2.82 bits per heavy atom. The molecule has 0 amide bonds. The standard InChI is InChI=1S/C9H18O2/c1-3-5-9-8(4-2)6-10-7-11-9/h8-9H,3-7H2,1-2H3. The van der Waals surface area contributed by atoms with Crippen LogP contribution in [-0.2, 0) is 9.47 Å². The van der Waals surface area contributed by atoms with Gasteiger partial charge in [-0.3, -0.25) is 0 Å². The third-order valence-corrected chi connectivity index (χ3v) is 2.32. The topological polar surface area (TPSA) is 18.5 Å².